The SMILES string of the molecule is CC(=O)N(C[C@@H](OCc1ccccc1)[C@H](OCc1ccccc1)[C@H](COCc1ccccc1)OS(C)(=O)=O)NC(=O)OC(C)(C)C. The lowest BCUT2D eigenvalue weighted by atomic mass is 10.1. The largest absolute Gasteiger partial charge is 0.443 e. The number of hydrazine groups is 1. The van der Waals surface area contributed by atoms with Crippen molar-refractivity contribution < 1.29 is 41.1 Å². The average Bonchev–Trinajstić information content (AvgIpc) is 2.99. The third kappa shape index (κ3) is 14.1. The molecule has 3 atom stereocenters. The number of benzene rings is 3. The zero-order valence-corrected chi connectivity index (χ0v) is 27.8. The molecular weight excluding hydrogens is 612 g/mol. The highest BCUT2D eigenvalue weighted by Crippen LogP contribution is 2.21. The molecule has 0 fully saturated rings. The predicted octanol–water partition coefficient (Wildman–Crippen LogP) is 5.01. The molecule has 0 aliphatic rings. The number of carbonyl (C=O) groups excluding carboxylic acids is 2. The monoisotopic (exact) mass is 656 g/mol. The van der Waals surface area contributed by atoms with Crippen LogP contribution in [-0.4, -0.2) is 68.7 Å². The second kappa shape index (κ2) is 17.8. The number of ether oxygens (including phenoxy) is 4. The molecule has 0 heterocycles. The van der Waals surface area contributed by atoms with Gasteiger partial charge in [0.15, 0.2) is 0 Å². The van der Waals surface area contributed by atoms with Crippen LogP contribution in [0.2, 0.25) is 0 Å². The smallest absolute Gasteiger partial charge is 0.426 e. The quantitative estimate of drug-likeness (QED) is 0.167. The summed E-state index contributed by atoms with van der Waals surface area (Å²) < 4.78 is 54.7. The highest BCUT2D eigenvalue weighted by Gasteiger charge is 2.37. The summed E-state index contributed by atoms with van der Waals surface area (Å²) in [5.41, 5.74) is 4.18. The van der Waals surface area contributed by atoms with Gasteiger partial charge in [-0.25, -0.2) is 15.2 Å². The van der Waals surface area contributed by atoms with Crippen molar-refractivity contribution in [1.29, 1.82) is 0 Å². The van der Waals surface area contributed by atoms with Crippen LogP contribution in [-0.2, 0) is 57.9 Å². The molecule has 0 aromatic heterocycles. The van der Waals surface area contributed by atoms with Crippen LogP contribution in [0, 0.1) is 0 Å². The van der Waals surface area contributed by atoms with Crippen molar-refractivity contribution in [1.82, 2.24) is 10.4 Å². The zero-order valence-electron chi connectivity index (χ0n) is 27.0. The molecule has 0 unspecified atom stereocenters. The molecule has 1 N–H and O–H groups in total. The van der Waals surface area contributed by atoms with E-state index >= 15 is 0 Å². The number of rotatable bonds is 16. The van der Waals surface area contributed by atoms with Crippen molar-refractivity contribution in [3.05, 3.63) is 108 Å². The number of nitrogens with zero attached hydrogens (tertiary/aromatic N) is 1. The molecule has 0 saturated carbocycles. The molecule has 0 aliphatic heterocycles. The van der Waals surface area contributed by atoms with Crippen LogP contribution in [0.3, 0.4) is 0 Å². The normalized spacial score (nSPS) is 13.8. The summed E-state index contributed by atoms with van der Waals surface area (Å²) >= 11 is 0. The van der Waals surface area contributed by atoms with Crippen LogP contribution in [0.4, 0.5) is 4.79 Å². The first-order valence-corrected chi connectivity index (χ1v) is 16.7. The van der Waals surface area contributed by atoms with E-state index in [9.17, 15) is 18.0 Å². The van der Waals surface area contributed by atoms with E-state index in [1.165, 1.54) is 6.92 Å². The van der Waals surface area contributed by atoms with Crippen LogP contribution < -0.4 is 5.43 Å². The number of nitrogens with one attached hydrogen (secondary N) is 1. The Hall–Kier alpha value is -3.81. The van der Waals surface area contributed by atoms with Gasteiger partial charge in [0, 0.05) is 6.92 Å². The fourth-order valence-electron chi connectivity index (χ4n) is 4.36. The van der Waals surface area contributed by atoms with Gasteiger partial charge in [-0.1, -0.05) is 91.0 Å². The Morgan fingerprint density at radius 2 is 1.24 bits per heavy atom. The van der Waals surface area contributed by atoms with E-state index in [-0.39, 0.29) is 33.0 Å². The average molecular weight is 657 g/mol. The van der Waals surface area contributed by atoms with E-state index in [1.807, 2.05) is 91.0 Å². The van der Waals surface area contributed by atoms with Gasteiger partial charge in [0.25, 0.3) is 10.1 Å². The highest BCUT2D eigenvalue weighted by atomic mass is 32.2. The topological polar surface area (TPSA) is 130 Å². The first-order valence-electron chi connectivity index (χ1n) is 14.9. The van der Waals surface area contributed by atoms with Crippen molar-refractivity contribution in [2.45, 2.75) is 71.4 Å². The van der Waals surface area contributed by atoms with Crippen molar-refractivity contribution in [3.8, 4) is 0 Å². The number of carbonyl (C=O) groups is 2. The molecule has 3 aromatic carbocycles. The number of hydrogen-bond donors (Lipinski definition) is 1. The van der Waals surface area contributed by atoms with Gasteiger partial charge < -0.3 is 18.9 Å². The lowest BCUT2D eigenvalue weighted by molar-refractivity contribution is -0.155. The van der Waals surface area contributed by atoms with Crippen LogP contribution in [0.5, 0.6) is 0 Å². The summed E-state index contributed by atoms with van der Waals surface area (Å²) in [6.07, 6.45) is -3.22. The first kappa shape index (κ1) is 36.7. The van der Waals surface area contributed by atoms with Gasteiger partial charge in [-0.2, -0.15) is 8.42 Å². The Labute approximate surface area is 271 Å². The minimum atomic E-state index is -4.02. The molecule has 0 radical (unpaired) electrons. The van der Waals surface area contributed by atoms with Crippen molar-refractivity contribution in [2.24, 2.45) is 0 Å². The number of hydrogen-bond acceptors (Lipinski definition) is 9. The minimum absolute atomic E-state index is 0.0680. The van der Waals surface area contributed by atoms with Gasteiger partial charge in [-0.3, -0.25) is 8.98 Å². The predicted molar refractivity (Wildman–Crippen MR) is 173 cm³/mol. The first-order chi connectivity index (χ1) is 21.8. The molecule has 2 amide bonds. The Morgan fingerprint density at radius 1 is 0.761 bits per heavy atom. The summed E-state index contributed by atoms with van der Waals surface area (Å²) in [6.45, 7) is 6.30. The van der Waals surface area contributed by atoms with Gasteiger partial charge in [0.05, 0.1) is 39.2 Å². The molecule has 11 nitrogen and oxygen atoms in total. The third-order valence-electron chi connectivity index (χ3n) is 6.38. The third-order valence-corrected chi connectivity index (χ3v) is 6.98. The van der Waals surface area contributed by atoms with E-state index in [2.05, 4.69) is 5.43 Å². The molecule has 3 rings (SSSR count). The fraction of sp³-hybridized carbons (Fsp3) is 0.412. The maximum absolute atomic E-state index is 12.8. The van der Waals surface area contributed by atoms with Crippen molar-refractivity contribution >= 4 is 22.1 Å². The Morgan fingerprint density at radius 3 is 1.70 bits per heavy atom. The molecule has 0 aliphatic carbocycles. The minimum Gasteiger partial charge on any atom is -0.443 e. The summed E-state index contributed by atoms with van der Waals surface area (Å²) in [5.74, 6) is -0.512. The van der Waals surface area contributed by atoms with E-state index in [4.69, 9.17) is 23.1 Å². The Kier molecular flexibility index (Phi) is 14.2. The van der Waals surface area contributed by atoms with E-state index in [0.717, 1.165) is 28.0 Å². The van der Waals surface area contributed by atoms with Crippen LogP contribution >= 0.6 is 0 Å². The maximum Gasteiger partial charge on any atom is 0.426 e. The second-order valence-corrected chi connectivity index (χ2v) is 13.3. The summed E-state index contributed by atoms with van der Waals surface area (Å²) in [7, 11) is -4.02. The Bertz CT molecular complexity index is 1450. The molecule has 0 spiro atoms. The highest BCUT2D eigenvalue weighted by molar-refractivity contribution is 7.86. The zero-order chi connectivity index (χ0) is 33.6. The van der Waals surface area contributed by atoms with Crippen LogP contribution in [0.25, 0.3) is 0 Å². The van der Waals surface area contributed by atoms with Gasteiger partial charge >= 0.3 is 6.09 Å². The van der Waals surface area contributed by atoms with Crippen LogP contribution in [0.1, 0.15) is 44.4 Å². The lowest BCUT2D eigenvalue weighted by Gasteiger charge is -2.35. The summed E-state index contributed by atoms with van der Waals surface area (Å²) in [6, 6.07) is 28.0. The standard InChI is InChI=1S/C34H44N2O9S/c1-26(37)36(35-33(38)44-34(2,3)4)21-30(42-23-28-17-11-7-12-18-28)32(43-24-29-19-13-8-14-20-29)31(45-46(5,39)40)25-41-22-27-15-9-6-10-16-27/h6-20,30-32H,21-25H2,1-5H3,(H,35,38)/t30-,31+,32+/m1/s1. The van der Waals surface area contributed by atoms with Gasteiger partial charge in [-0.05, 0) is 37.5 Å². The second-order valence-electron chi connectivity index (χ2n) is 11.7. The molecule has 0 bridgehead atoms. The van der Waals surface area contributed by atoms with E-state index in [1.54, 1.807) is 20.8 Å². The molecule has 46 heavy (non-hydrogen) atoms. The van der Waals surface area contributed by atoms with Crippen LogP contribution in [0.15, 0.2) is 91.0 Å². The van der Waals surface area contributed by atoms with Gasteiger partial charge in [0.2, 0.25) is 5.91 Å². The molecule has 12 heteroatoms. The van der Waals surface area contributed by atoms with Crippen molar-refractivity contribution in [3.63, 3.8) is 0 Å². The Balaban J connectivity index is 1.98. The summed E-state index contributed by atoms with van der Waals surface area (Å²) in [4.78, 5) is 25.5. The molecular formula is C34H44N2O9S. The maximum atomic E-state index is 12.8. The fourth-order valence-corrected chi connectivity index (χ4v) is 4.98. The van der Waals surface area contributed by atoms with E-state index < -0.39 is 46.0 Å². The van der Waals surface area contributed by atoms with Crippen molar-refractivity contribution in [2.75, 3.05) is 19.4 Å². The molecule has 3 aromatic rings. The van der Waals surface area contributed by atoms with Gasteiger partial charge in [-0.15, -0.1) is 0 Å². The lowest BCUT2D eigenvalue weighted by Crippen LogP contribution is -2.55. The molecule has 250 valence electrons. The summed E-state index contributed by atoms with van der Waals surface area (Å²) in [5, 5.41) is 1.05. The molecule has 0 saturated heterocycles. The van der Waals surface area contributed by atoms with Gasteiger partial charge in [0.1, 0.15) is 23.9 Å². The van der Waals surface area contributed by atoms with E-state index in [0.29, 0.717) is 0 Å². The number of amides is 2.